The summed E-state index contributed by atoms with van der Waals surface area (Å²) in [5.41, 5.74) is 0. The van der Waals surface area contributed by atoms with Crippen LogP contribution in [0.4, 0.5) is 0 Å². The molecular formula is C18H24O8-2. The highest BCUT2D eigenvalue weighted by molar-refractivity contribution is 5.81. The van der Waals surface area contributed by atoms with Crippen LogP contribution in [-0.2, 0) is 28.7 Å². The van der Waals surface area contributed by atoms with Gasteiger partial charge in [0.15, 0.2) is 0 Å². The van der Waals surface area contributed by atoms with Crippen LogP contribution in [0.15, 0.2) is 0 Å². The first kappa shape index (κ1) is 20.2. The summed E-state index contributed by atoms with van der Waals surface area (Å²) in [7, 11) is 0. The molecule has 0 radical (unpaired) electrons. The standard InChI is InChI=1S/C18H26O8/c19-15(20)11-5-1-3-7-13(11)17(23)25-9-10-26-18(24)14-8-4-2-6-12(14)16(21)22/h11-14H,1-10H2,(H,19,20)(H,21,22)/p-2/t11-,12+,13+,14-. The van der Waals surface area contributed by atoms with Gasteiger partial charge in [-0.05, 0) is 25.7 Å². The van der Waals surface area contributed by atoms with Gasteiger partial charge in [0, 0.05) is 23.8 Å². The number of carbonyl (C=O) groups excluding carboxylic acids is 4. The average molecular weight is 368 g/mol. The molecule has 2 rings (SSSR count). The number of esters is 2. The Morgan fingerprint density at radius 3 is 1.23 bits per heavy atom. The van der Waals surface area contributed by atoms with Gasteiger partial charge in [0.1, 0.15) is 13.2 Å². The van der Waals surface area contributed by atoms with E-state index in [1.807, 2.05) is 0 Å². The van der Waals surface area contributed by atoms with Gasteiger partial charge in [-0.15, -0.1) is 0 Å². The van der Waals surface area contributed by atoms with E-state index in [-0.39, 0.29) is 13.2 Å². The number of ether oxygens (including phenoxy) is 2. The Hall–Kier alpha value is -2.12. The third kappa shape index (κ3) is 5.19. The van der Waals surface area contributed by atoms with E-state index in [0.717, 1.165) is 25.7 Å². The topological polar surface area (TPSA) is 133 Å². The SMILES string of the molecule is O=C([O-])[C@H]1CCCC[C@H]1C(=O)OCCOC(=O)[C@H]1CCCC[C@H]1C(=O)[O-]. The normalized spacial score (nSPS) is 28.8. The van der Waals surface area contributed by atoms with Crippen molar-refractivity contribution in [3.63, 3.8) is 0 Å². The smallest absolute Gasteiger partial charge is 0.309 e. The van der Waals surface area contributed by atoms with Gasteiger partial charge in [-0.2, -0.15) is 0 Å². The second kappa shape index (κ2) is 9.54. The van der Waals surface area contributed by atoms with Crippen LogP contribution in [0.5, 0.6) is 0 Å². The van der Waals surface area contributed by atoms with Crippen LogP contribution in [0.1, 0.15) is 51.4 Å². The molecule has 0 aromatic heterocycles. The van der Waals surface area contributed by atoms with Crippen LogP contribution in [0.25, 0.3) is 0 Å². The minimum Gasteiger partial charge on any atom is -0.550 e. The predicted molar refractivity (Wildman–Crippen MR) is 82.8 cm³/mol. The minimum atomic E-state index is -1.25. The lowest BCUT2D eigenvalue weighted by Gasteiger charge is -2.31. The number of carboxylic acid groups (broad SMARTS) is 2. The molecule has 2 aliphatic carbocycles. The Morgan fingerprint density at radius 2 is 0.923 bits per heavy atom. The predicted octanol–water partition coefficient (Wildman–Crippen LogP) is -0.815. The molecule has 0 amide bonds. The van der Waals surface area contributed by atoms with Crippen molar-refractivity contribution in [3.8, 4) is 0 Å². The van der Waals surface area contributed by atoms with E-state index in [9.17, 15) is 29.4 Å². The second-order valence-electron chi connectivity index (χ2n) is 6.97. The maximum atomic E-state index is 12.1. The quantitative estimate of drug-likeness (QED) is 0.421. The monoisotopic (exact) mass is 368 g/mol. The molecule has 26 heavy (non-hydrogen) atoms. The highest BCUT2D eigenvalue weighted by Gasteiger charge is 2.34. The molecule has 8 heteroatoms. The van der Waals surface area contributed by atoms with E-state index in [0.29, 0.717) is 25.7 Å². The summed E-state index contributed by atoms with van der Waals surface area (Å²) >= 11 is 0. The van der Waals surface area contributed by atoms with Crippen molar-refractivity contribution in [1.82, 2.24) is 0 Å². The van der Waals surface area contributed by atoms with Crippen molar-refractivity contribution in [2.24, 2.45) is 23.7 Å². The summed E-state index contributed by atoms with van der Waals surface area (Å²) in [5, 5.41) is 22.2. The van der Waals surface area contributed by atoms with Gasteiger partial charge in [-0.25, -0.2) is 0 Å². The maximum absolute atomic E-state index is 12.1. The molecule has 4 atom stereocenters. The van der Waals surface area contributed by atoms with Crippen LogP contribution in [0.3, 0.4) is 0 Å². The Bertz CT molecular complexity index is 495. The number of aliphatic carboxylic acids is 2. The Kier molecular flexibility index (Phi) is 7.41. The van der Waals surface area contributed by atoms with Crippen molar-refractivity contribution in [2.45, 2.75) is 51.4 Å². The van der Waals surface area contributed by atoms with Gasteiger partial charge in [0.2, 0.25) is 0 Å². The molecule has 0 spiro atoms. The summed E-state index contributed by atoms with van der Waals surface area (Å²) in [4.78, 5) is 46.3. The second-order valence-corrected chi connectivity index (χ2v) is 6.97. The van der Waals surface area contributed by atoms with Gasteiger partial charge in [0.05, 0.1) is 11.8 Å². The molecule has 2 fully saturated rings. The number of hydrogen-bond acceptors (Lipinski definition) is 8. The Balaban J connectivity index is 1.75. The van der Waals surface area contributed by atoms with Crippen LogP contribution in [-0.4, -0.2) is 37.1 Å². The molecule has 0 aromatic carbocycles. The number of hydrogen-bond donors (Lipinski definition) is 0. The molecule has 2 saturated carbocycles. The van der Waals surface area contributed by atoms with E-state index in [1.54, 1.807) is 0 Å². The lowest BCUT2D eigenvalue weighted by atomic mass is 9.79. The number of carbonyl (C=O) groups is 4. The lowest BCUT2D eigenvalue weighted by molar-refractivity contribution is -0.315. The van der Waals surface area contributed by atoms with Gasteiger partial charge in [0.25, 0.3) is 0 Å². The van der Waals surface area contributed by atoms with E-state index < -0.39 is 47.5 Å². The molecule has 146 valence electrons. The van der Waals surface area contributed by atoms with Crippen molar-refractivity contribution in [3.05, 3.63) is 0 Å². The Morgan fingerprint density at radius 1 is 0.615 bits per heavy atom. The summed E-state index contributed by atoms with van der Waals surface area (Å²) in [5.74, 6) is -6.89. The molecule has 0 aromatic rings. The third-order valence-corrected chi connectivity index (χ3v) is 5.31. The van der Waals surface area contributed by atoms with E-state index in [2.05, 4.69) is 0 Å². The molecular weight excluding hydrogens is 344 g/mol. The van der Waals surface area contributed by atoms with Crippen molar-refractivity contribution in [1.29, 1.82) is 0 Å². The van der Waals surface area contributed by atoms with Crippen molar-refractivity contribution >= 4 is 23.9 Å². The molecule has 8 nitrogen and oxygen atoms in total. The van der Waals surface area contributed by atoms with Crippen LogP contribution in [0, 0.1) is 23.7 Å². The average Bonchev–Trinajstić information content (AvgIpc) is 2.64. The summed E-state index contributed by atoms with van der Waals surface area (Å²) in [6.45, 7) is -0.382. The van der Waals surface area contributed by atoms with Crippen LogP contribution >= 0.6 is 0 Å². The maximum Gasteiger partial charge on any atom is 0.309 e. The minimum absolute atomic E-state index is 0.191. The Labute approximate surface area is 151 Å². The number of rotatable bonds is 7. The van der Waals surface area contributed by atoms with Gasteiger partial charge in [-0.1, -0.05) is 25.7 Å². The summed E-state index contributed by atoms with van der Waals surface area (Å²) in [6.07, 6.45) is 4.64. The fourth-order valence-electron chi connectivity index (χ4n) is 3.89. The van der Waals surface area contributed by atoms with Crippen molar-refractivity contribution in [2.75, 3.05) is 13.2 Å². The fourth-order valence-corrected chi connectivity index (χ4v) is 3.89. The van der Waals surface area contributed by atoms with Crippen LogP contribution in [0.2, 0.25) is 0 Å². The van der Waals surface area contributed by atoms with Crippen LogP contribution < -0.4 is 10.2 Å². The molecule has 0 saturated heterocycles. The largest absolute Gasteiger partial charge is 0.550 e. The van der Waals surface area contributed by atoms with E-state index >= 15 is 0 Å². The lowest BCUT2D eigenvalue weighted by Crippen LogP contribution is -2.42. The van der Waals surface area contributed by atoms with Gasteiger partial charge < -0.3 is 29.3 Å². The molecule has 0 unspecified atom stereocenters. The van der Waals surface area contributed by atoms with E-state index in [1.165, 1.54) is 0 Å². The first-order valence-electron chi connectivity index (χ1n) is 9.16. The highest BCUT2D eigenvalue weighted by Crippen LogP contribution is 2.31. The first-order valence-corrected chi connectivity index (χ1v) is 9.16. The van der Waals surface area contributed by atoms with Gasteiger partial charge >= 0.3 is 11.9 Å². The summed E-state index contributed by atoms with van der Waals surface area (Å²) in [6, 6.07) is 0. The number of carboxylic acids is 2. The fraction of sp³-hybridized carbons (Fsp3) is 0.778. The molecule has 0 N–H and O–H groups in total. The molecule has 0 heterocycles. The van der Waals surface area contributed by atoms with Crippen molar-refractivity contribution < 1.29 is 38.9 Å². The zero-order chi connectivity index (χ0) is 19.1. The third-order valence-electron chi connectivity index (χ3n) is 5.31. The highest BCUT2D eigenvalue weighted by atomic mass is 16.6. The zero-order valence-corrected chi connectivity index (χ0v) is 14.6. The first-order chi connectivity index (χ1) is 12.4. The molecule has 0 bridgehead atoms. The van der Waals surface area contributed by atoms with E-state index in [4.69, 9.17) is 9.47 Å². The molecule has 0 aliphatic heterocycles. The zero-order valence-electron chi connectivity index (χ0n) is 14.6. The van der Waals surface area contributed by atoms with Gasteiger partial charge in [-0.3, -0.25) is 9.59 Å². The molecule has 2 aliphatic rings. The summed E-state index contributed by atoms with van der Waals surface area (Å²) < 4.78 is 10.1.